The molecule has 1 unspecified atom stereocenters. The average Bonchev–Trinajstić information content (AvgIpc) is 3.06. The third-order valence-corrected chi connectivity index (χ3v) is 6.30. The monoisotopic (exact) mass is 527 g/mol. The fourth-order valence-electron chi connectivity index (χ4n) is 3.80. The highest BCUT2D eigenvalue weighted by Crippen LogP contribution is 2.23. The van der Waals surface area contributed by atoms with Crippen molar-refractivity contribution in [1.29, 1.82) is 0 Å². The first kappa shape index (κ1) is 25.6. The first-order valence-corrected chi connectivity index (χ1v) is 12.2. The lowest BCUT2D eigenvalue weighted by atomic mass is 10.1. The molecule has 1 N–H and O–H groups in total. The van der Waals surface area contributed by atoms with Crippen molar-refractivity contribution in [2.45, 2.75) is 46.2 Å². The second kappa shape index (κ2) is 11.4. The zero-order chi connectivity index (χ0) is 24.8. The third-order valence-electron chi connectivity index (χ3n) is 5.77. The Balaban J connectivity index is 1.66. The number of rotatable bonds is 10. The molecule has 2 aromatic rings. The van der Waals surface area contributed by atoms with E-state index < -0.39 is 6.04 Å². The highest BCUT2D eigenvalue weighted by atomic mass is 79.9. The standard InChI is InChI=1S/C26H30BrN3O4/c1-17(2)15-28-24(32)18(3)30(16-19-10-12-20(27)13-11-19)23(31)9-6-14-29-25(33)21-7-4-5-8-22(21)26(29)34/h4-5,7-8,10-13,17-18H,6,9,14-16H2,1-3H3,(H,28,32). The number of carbonyl (C=O) groups excluding carboxylic acids is 4. The van der Waals surface area contributed by atoms with Crippen molar-refractivity contribution in [3.63, 3.8) is 0 Å². The number of nitrogens with zero attached hydrogens (tertiary/aromatic N) is 2. The molecule has 2 aromatic carbocycles. The fraction of sp³-hybridized carbons (Fsp3) is 0.385. The lowest BCUT2D eigenvalue weighted by molar-refractivity contribution is -0.140. The molecular weight excluding hydrogens is 498 g/mol. The van der Waals surface area contributed by atoms with E-state index in [1.807, 2.05) is 38.1 Å². The third kappa shape index (κ3) is 6.11. The molecule has 0 aliphatic carbocycles. The van der Waals surface area contributed by atoms with E-state index in [4.69, 9.17) is 0 Å². The molecule has 180 valence electrons. The van der Waals surface area contributed by atoms with Crippen LogP contribution in [0.4, 0.5) is 0 Å². The number of fused-ring (bicyclic) bond motifs is 1. The van der Waals surface area contributed by atoms with Gasteiger partial charge < -0.3 is 10.2 Å². The second-order valence-corrected chi connectivity index (χ2v) is 9.79. The molecule has 1 aliphatic heterocycles. The van der Waals surface area contributed by atoms with Crippen molar-refractivity contribution >= 4 is 39.6 Å². The van der Waals surface area contributed by atoms with E-state index in [1.54, 1.807) is 36.1 Å². The molecule has 0 aromatic heterocycles. The van der Waals surface area contributed by atoms with Crippen LogP contribution in [0.1, 0.15) is 59.9 Å². The van der Waals surface area contributed by atoms with Crippen molar-refractivity contribution in [3.05, 3.63) is 69.7 Å². The molecule has 1 atom stereocenters. The fourth-order valence-corrected chi connectivity index (χ4v) is 4.06. The van der Waals surface area contributed by atoms with Gasteiger partial charge in [-0.25, -0.2) is 0 Å². The summed E-state index contributed by atoms with van der Waals surface area (Å²) in [6.45, 7) is 6.71. The maximum atomic E-state index is 13.2. The number of carbonyl (C=O) groups is 4. The maximum absolute atomic E-state index is 13.2. The summed E-state index contributed by atoms with van der Waals surface area (Å²) in [5, 5.41) is 2.90. The second-order valence-electron chi connectivity index (χ2n) is 8.87. The van der Waals surface area contributed by atoms with E-state index in [0.29, 0.717) is 30.0 Å². The van der Waals surface area contributed by atoms with Gasteiger partial charge in [0.2, 0.25) is 11.8 Å². The van der Waals surface area contributed by atoms with Gasteiger partial charge in [0, 0.05) is 30.5 Å². The highest BCUT2D eigenvalue weighted by molar-refractivity contribution is 9.10. The zero-order valence-electron chi connectivity index (χ0n) is 19.7. The molecule has 8 heteroatoms. The van der Waals surface area contributed by atoms with Gasteiger partial charge in [-0.2, -0.15) is 0 Å². The Hall–Kier alpha value is -3.00. The molecule has 1 aliphatic rings. The summed E-state index contributed by atoms with van der Waals surface area (Å²) in [4.78, 5) is 53.8. The molecule has 0 saturated heterocycles. The van der Waals surface area contributed by atoms with Crippen molar-refractivity contribution in [1.82, 2.24) is 15.1 Å². The Morgan fingerprint density at radius 2 is 1.56 bits per heavy atom. The van der Waals surface area contributed by atoms with Crippen LogP contribution in [0.15, 0.2) is 53.0 Å². The Bertz CT molecular complexity index is 1030. The predicted molar refractivity (Wildman–Crippen MR) is 133 cm³/mol. The van der Waals surface area contributed by atoms with Crippen LogP contribution >= 0.6 is 15.9 Å². The number of nitrogens with one attached hydrogen (secondary N) is 1. The van der Waals surface area contributed by atoms with Crippen LogP contribution in [0.5, 0.6) is 0 Å². The number of imide groups is 1. The molecule has 0 bridgehead atoms. The Morgan fingerprint density at radius 3 is 2.12 bits per heavy atom. The van der Waals surface area contributed by atoms with Gasteiger partial charge in [0.1, 0.15) is 6.04 Å². The van der Waals surface area contributed by atoms with Crippen LogP contribution in [0, 0.1) is 5.92 Å². The molecule has 0 saturated carbocycles. The van der Waals surface area contributed by atoms with Crippen LogP contribution < -0.4 is 5.32 Å². The molecule has 1 heterocycles. The summed E-state index contributed by atoms with van der Waals surface area (Å²) in [7, 11) is 0. The smallest absolute Gasteiger partial charge is 0.261 e. The largest absolute Gasteiger partial charge is 0.354 e. The van der Waals surface area contributed by atoms with Crippen LogP contribution in [-0.2, 0) is 16.1 Å². The summed E-state index contributed by atoms with van der Waals surface area (Å²) in [5.41, 5.74) is 1.69. The van der Waals surface area contributed by atoms with E-state index in [0.717, 1.165) is 10.0 Å². The highest BCUT2D eigenvalue weighted by Gasteiger charge is 2.35. The first-order chi connectivity index (χ1) is 16.2. The number of amides is 4. The maximum Gasteiger partial charge on any atom is 0.261 e. The van der Waals surface area contributed by atoms with Crippen LogP contribution in [0.3, 0.4) is 0 Å². The minimum atomic E-state index is -0.658. The minimum Gasteiger partial charge on any atom is -0.354 e. The van der Waals surface area contributed by atoms with Gasteiger partial charge in [-0.1, -0.05) is 54.0 Å². The summed E-state index contributed by atoms with van der Waals surface area (Å²) in [6.07, 6.45) is 0.438. The van der Waals surface area contributed by atoms with E-state index >= 15 is 0 Å². The Morgan fingerprint density at radius 1 is 0.971 bits per heavy atom. The Kier molecular flexibility index (Phi) is 8.61. The van der Waals surface area contributed by atoms with Gasteiger partial charge in [-0.05, 0) is 49.1 Å². The SMILES string of the molecule is CC(C)CNC(=O)C(C)N(Cc1ccc(Br)cc1)C(=O)CCCN1C(=O)c2ccccc2C1=O. The summed E-state index contributed by atoms with van der Waals surface area (Å²) < 4.78 is 0.929. The van der Waals surface area contributed by atoms with Gasteiger partial charge in [-0.3, -0.25) is 24.1 Å². The van der Waals surface area contributed by atoms with Gasteiger partial charge in [0.05, 0.1) is 11.1 Å². The predicted octanol–water partition coefficient (Wildman–Crippen LogP) is 4.01. The number of benzene rings is 2. The van der Waals surface area contributed by atoms with E-state index in [-0.39, 0.29) is 43.1 Å². The quantitative estimate of drug-likeness (QED) is 0.472. The topological polar surface area (TPSA) is 86.8 Å². The van der Waals surface area contributed by atoms with Crippen LogP contribution in [0.25, 0.3) is 0 Å². The molecular formula is C26H30BrN3O4. The van der Waals surface area contributed by atoms with Gasteiger partial charge >= 0.3 is 0 Å². The molecule has 0 spiro atoms. The number of halogens is 1. The zero-order valence-corrected chi connectivity index (χ0v) is 21.3. The number of hydrogen-bond donors (Lipinski definition) is 1. The van der Waals surface area contributed by atoms with E-state index in [2.05, 4.69) is 21.2 Å². The van der Waals surface area contributed by atoms with Crippen molar-refractivity contribution in [2.24, 2.45) is 5.92 Å². The molecule has 4 amide bonds. The molecule has 7 nitrogen and oxygen atoms in total. The van der Waals surface area contributed by atoms with Crippen molar-refractivity contribution in [3.8, 4) is 0 Å². The summed E-state index contributed by atoms with van der Waals surface area (Å²) >= 11 is 3.41. The van der Waals surface area contributed by atoms with Gasteiger partial charge in [0.15, 0.2) is 0 Å². The molecule has 0 radical (unpaired) electrons. The Labute approximate surface area is 208 Å². The summed E-state index contributed by atoms with van der Waals surface area (Å²) in [6, 6.07) is 13.7. The van der Waals surface area contributed by atoms with E-state index in [9.17, 15) is 19.2 Å². The van der Waals surface area contributed by atoms with E-state index in [1.165, 1.54) is 4.90 Å². The first-order valence-electron chi connectivity index (χ1n) is 11.5. The minimum absolute atomic E-state index is 0.117. The summed E-state index contributed by atoms with van der Waals surface area (Å²) in [5.74, 6) is -0.778. The lowest BCUT2D eigenvalue weighted by Crippen LogP contribution is -2.48. The average molecular weight is 528 g/mol. The van der Waals surface area contributed by atoms with Crippen molar-refractivity contribution in [2.75, 3.05) is 13.1 Å². The molecule has 3 rings (SSSR count). The molecule has 0 fully saturated rings. The number of hydrogen-bond acceptors (Lipinski definition) is 4. The van der Waals surface area contributed by atoms with Crippen LogP contribution in [-0.4, -0.2) is 52.6 Å². The normalized spacial score (nSPS) is 13.7. The van der Waals surface area contributed by atoms with Gasteiger partial charge in [0.25, 0.3) is 11.8 Å². The molecule has 34 heavy (non-hydrogen) atoms. The van der Waals surface area contributed by atoms with Crippen LogP contribution in [0.2, 0.25) is 0 Å². The lowest BCUT2D eigenvalue weighted by Gasteiger charge is -2.29. The van der Waals surface area contributed by atoms with Crippen molar-refractivity contribution < 1.29 is 19.2 Å². The van der Waals surface area contributed by atoms with Gasteiger partial charge in [-0.15, -0.1) is 0 Å².